The Hall–Kier alpha value is -1.98. The molecule has 1 aliphatic carbocycles. The van der Waals surface area contributed by atoms with Crippen LogP contribution in [0, 0.1) is 6.92 Å². The maximum Gasteiger partial charge on any atom is 0.156 e. The molecule has 0 saturated heterocycles. The summed E-state index contributed by atoms with van der Waals surface area (Å²) >= 11 is 0. The van der Waals surface area contributed by atoms with Crippen molar-refractivity contribution in [1.29, 1.82) is 0 Å². The lowest BCUT2D eigenvalue weighted by Crippen LogP contribution is -2.32. The van der Waals surface area contributed by atoms with E-state index >= 15 is 0 Å². The second kappa shape index (κ2) is 7.06. The minimum atomic E-state index is -0.530. The van der Waals surface area contributed by atoms with Gasteiger partial charge in [-0.1, -0.05) is 30.3 Å². The fourth-order valence-corrected chi connectivity index (χ4v) is 2.74. The zero-order valence-corrected chi connectivity index (χ0v) is 13.6. The molecule has 1 saturated carbocycles. The third kappa shape index (κ3) is 4.06. The standard InChI is InChI=1S/C18H23N3O2/c1-13-10-18(20-17(19-13)12-23-2)21(15-8-9-15)11-16(22)14-6-4-3-5-7-14/h3-7,10,15-16,22H,8-9,11-12H2,1-2H3/t16-/m0/s1. The van der Waals surface area contributed by atoms with Crippen LogP contribution < -0.4 is 4.90 Å². The molecule has 1 aromatic carbocycles. The number of hydrogen-bond acceptors (Lipinski definition) is 5. The molecule has 5 nitrogen and oxygen atoms in total. The Morgan fingerprint density at radius 1 is 1.26 bits per heavy atom. The Labute approximate surface area is 137 Å². The Kier molecular flexibility index (Phi) is 4.88. The van der Waals surface area contributed by atoms with Crippen LogP contribution in [0.4, 0.5) is 5.82 Å². The molecule has 0 bridgehead atoms. The normalized spacial score (nSPS) is 15.4. The van der Waals surface area contributed by atoms with Gasteiger partial charge in [-0.2, -0.15) is 0 Å². The molecule has 1 aliphatic rings. The van der Waals surface area contributed by atoms with Crippen molar-refractivity contribution in [3.63, 3.8) is 0 Å². The smallest absolute Gasteiger partial charge is 0.156 e. The Morgan fingerprint density at radius 3 is 2.65 bits per heavy atom. The Balaban J connectivity index is 1.82. The van der Waals surface area contributed by atoms with E-state index in [9.17, 15) is 5.11 Å². The molecular formula is C18H23N3O2. The van der Waals surface area contributed by atoms with Gasteiger partial charge in [0.1, 0.15) is 12.4 Å². The predicted octanol–water partition coefficient (Wildman–Crippen LogP) is 2.63. The van der Waals surface area contributed by atoms with Gasteiger partial charge in [-0.25, -0.2) is 9.97 Å². The minimum Gasteiger partial charge on any atom is -0.387 e. The molecule has 0 aliphatic heterocycles. The molecule has 0 spiro atoms. The first-order valence-electron chi connectivity index (χ1n) is 8.00. The Bertz CT molecular complexity index is 644. The summed E-state index contributed by atoms with van der Waals surface area (Å²) in [6.45, 7) is 2.90. The van der Waals surface area contributed by atoms with Crippen LogP contribution in [-0.2, 0) is 11.3 Å². The van der Waals surface area contributed by atoms with Crippen LogP contribution in [0.15, 0.2) is 36.4 Å². The summed E-state index contributed by atoms with van der Waals surface area (Å²) in [5.74, 6) is 1.56. The van der Waals surface area contributed by atoms with E-state index in [0.29, 0.717) is 25.0 Å². The maximum atomic E-state index is 10.6. The van der Waals surface area contributed by atoms with E-state index in [4.69, 9.17) is 4.74 Å². The van der Waals surface area contributed by atoms with E-state index in [1.165, 1.54) is 0 Å². The first-order chi connectivity index (χ1) is 11.2. The van der Waals surface area contributed by atoms with E-state index < -0.39 is 6.10 Å². The number of aromatic nitrogens is 2. The summed E-state index contributed by atoms with van der Waals surface area (Å²) in [5, 5.41) is 10.6. The van der Waals surface area contributed by atoms with Crippen molar-refractivity contribution in [1.82, 2.24) is 9.97 Å². The second-order valence-electron chi connectivity index (χ2n) is 6.03. The zero-order chi connectivity index (χ0) is 16.2. The molecule has 2 aromatic rings. The van der Waals surface area contributed by atoms with Gasteiger partial charge < -0.3 is 14.7 Å². The van der Waals surface area contributed by atoms with Crippen LogP contribution in [0.5, 0.6) is 0 Å². The highest BCUT2D eigenvalue weighted by Gasteiger charge is 2.32. The quantitative estimate of drug-likeness (QED) is 0.851. The summed E-state index contributed by atoms with van der Waals surface area (Å²) < 4.78 is 5.15. The average molecular weight is 313 g/mol. The lowest BCUT2D eigenvalue weighted by Gasteiger charge is -2.27. The lowest BCUT2D eigenvalue weighted by molar-refractivity contribution is 0.176. The van der Waals surface area contributed by atoms with Crippen molar-refractivity contribution in [2.45, 2.75) is 38.5 Å². The summed E-state index contributed by atoms with van der Waals surface area (Å²) in [5.41, 5.74) is 1.85. The van der Waals surface area contributed by atoms with E-state index in [0.717, 1.165) is 29.9 Å². The van der Waals surface area contributed by atoms with Gasteiger partial charge in [-0.05, 0) is 25.3 Å². The van der Waals surface area contributed by atoms with Gasteiger partial charge in [0, 0.05) is 31.5 Å². The molecule has 122 valence electrons. The molecule has 1 heterocycles. The Morgan fingerprint density at radius 2 is 2.00 bits per heavy atom. The van der Waals surface area contributed by atoms with Gasteiger partial charge in [0.05, 0.1) is 6.10 Å². The maximum absolute atomic E-state index is 10.6. The van der Waals surface area contributed by atoms with Crippen molar-refractivity contribution in [3.05, 3.63) is 53.5 Å². The minimum absolute atomic E-state index is 0.397. The van der Waals surface area contributed by atoms with E-state index in [2.05, 4.69) is 14.9 Å². The second-order valence-corrected chi connectivity index (χ2v) is 6.03. The summed E-state index contributed by atoms with van der Waals surface area (Å²) in [4.78, 5) is 11.2. The van der Waals surface area contributed by atoms with Gasteiger partial charge in [0.25, 0.3) is 0 Å². The highest BCUT2D eigenvalue weighted by Crippen LogP contribution is 2.32. The van der Waals surface area contributed by atoms with Crippen molar-refractivity contribution >= 4 is 5.82 Å². The summed E-state index contributed by atoms with van der Waals surface area (Å²) in [6, 6.07) is 12.2. The monoisotopic (exact) mass is 313 g/mol. The van der Waals surface area contributed by atoms with E-state index in [1.807, 2.05) is 43.3 Å². The van der Waals surface area contributed by atoms with Gasteiger partial charge in [0.15, 0.2) is 5.82 Å². The molecule has 0 amide bonds. The summed E-state index contributed by atoms with van der Waals surface area (Å²) in [7, 11) is 1.64. The van der Waals surface area contributed by atoms with Gasteiger partial charge in [0.2, 0.25) is 0 Å². The highest BCUT2D eigenvalue weighted by atomic mass is 16.5. The zero-order valence-electron chi connectivity index (χ0n) is 13.6. The van der Waals surface area contributed by atoms with Crippen LogP contribution in [0.3, 0.4) is 0 Å². The van der Waals surface area contributed by atoms with Gasteiger partial charge >= 0.3 is 0 Å². The first-order valence-corrected chi connectivity index (χ1v) is 8.00. The van der Waals surface area contributed by atoms with E-state index in [1.54, 1.807) is 7.11 Å². The molecule has 1 fully saturated rings. The number of aliphatic hydroxyl groups is 1. The van der Waals surface area contributed by atoms with Crippen LogP contribution in [0.2, 0.25) is 0 Å². The molecule has 23 heavy (non-hydrogen) atoms. The van der Waals surface area contributed by atoms with Crippen molar-refractivity contribution < 1.29 is 9.84 Å². The van der Waals surface area contributed by atoms with Crippen molar-refractivity contribution in [2.24, 2.45) is 0 Å². The number of methoxy groups -OCH3 is 1. The number of aliphatic hydroxyl groups excluding tert-OH is 1. The third-order valence-electron chi connectivity index (χ3n) is 4.00. The van der Waals surface area contributed by atoms with Crippen molar-refractivity contribution in [3.8, 4) is 0 Å². The number of hydrogen-bond donors (Lipinski definition) is 1. The summed E-state index contributed by atoms with van der Waals surface area (Å²) in [6.07, 6.45) is 1.76. The van der Waals surface area contributed by atoms with E-state index in [-0.39, 0.29) is 0 Å². The highest BCUT2D eigenvalue weighted by molar-refractivity contribution is 5.43. The number of benzene rings is 1. The van der Waals surface area contributed by atoms with Gasteiger partial charge in [-0.3, -0.25) is 0 Å². The molecule has 0 unspecified atom stereocenters. The SMILES string of the molecule is COCc1nc(C)cc(N(C[C@H](O)c2ccccc2)C2CC2)n1. The predicted molar refractivity (Wildman–Crippen MR) is 89.3 cm³/mol. The largest absolute Gasteiger partial charge is 0.387 e. The fraction of sp³-hybridized carbons (Fsp3) is 0.444. The molecular weight excluding hydrogens is 290 g/mol. The fourth-order valence-electron chi connectivity index (χ4n) is 2.74. The topological polar surface area (TPSA) is 58.5 Å². The number of nitrogens with zero attached hydrogens (tertiary/aromatic N) is 3. The van der Waals surface area contributed by atoms with Crippen LogP contribution >= 0.6 is 0 Å². The third-order valence-corrected chi connectivity index (χ3v) is 4.00. The molecule has 1 N–H and O–H groups in total. The number of ether oxygens (including phenoxy) is 1. The molecule has 0 radical (unpaired) electrons. The molecule has 3 rings (SSSR count). The van der Waals surface area contributed by atoms with Crippen LogP contribution in [0.25, 0.3) is 0 Å². The van der Waals surface area contributed by atoms with Crippen molar-refractivity contribution in [2.75, 3.05) is 18.6 Å². The van der Waals surface area contributed by atoms with Crippen LogP contribution in [0.1, 0.15) is 36.0 Å². The van der Waals surface area contributed by atoms with Gasteiger partial charge in [-0.15, -0.1) is 0 Å². The molecule has 1 atom stereocenters. The number of aryl methyl sites for hydroxylation is 1. The number of rotatable bonds is 7. The molecule has 1 aromatic heterocycles. The first kappa shape index (κ1) is 15.9. The molecule has 5 heteroatoms. The average Bonchev–Trinajstić information content (AvgIpc) is 3.37. The lowest BCUT2D eigenvalue weighted by atomic mass is 10.1. The van der Waals surface area contributed by atoms with Crippen LogP contribution in [-0.4, -0.2) is 34.8 Å². The number of anilines is 1.